The first kappa shape index (κ1) is 17.0. The predicted octanol–water partition coefficient (Wildman–Crippen LogP) is 0.291. The summed E-state index contributed by atoms with van der Waals surface area (Å²) < 4.78 is 6.25. The van der Waals surface area contributed by atoms with Gasteiger partial charge in [0.05, 0.1) is 6.61 Å². The van der Waals surface area contributed by atoms with Gasteiger partial charge in [-0.2, -0.15) is 5.10 Å². The van der Waals surface area contributed by atoms with E-state index in [2.05, 4.69) is 5.10 Å². The van der Waals surface area contributed by atoms with Gasteiger partial charge in [-0.3, -0.25) is 14.3 Å². The number of carbonyl (C=O) groups excluding carboxylic acids is 3. The molecule has 0 atom stereocenters. The van der Waals surface area contributed by atoms with Crippen LogP contribution >= 0.6 is 0 Å². The Balaban J connectivity index is 1.98. The van der Waals surface area contributed by atoms with Gasteiger partial charge in [-0.1, -0.05) is 0 Å². The number of aromatic nitrogens is 2. The van der Waals surface area contributed by atoms with Gasteiger partial charge in [-0.05, 0) is 13.3 Å². The van der Waals surface area contributed by atoms with E-state index in [4.69, 9.17) is 4.74 Å². The maximum atomic E-state index is 12.5. The van der Waals surface area contributed by atoms with E-state index in [0.29, 0.717) is 25.2 Å². The minimum Gasteiger partial charge on any atom is -0.461 e. The second-order valence-electron chi connectivity index (χ2n) is 5.47. The van der Waals surface area contributed by atoms with Gasteiger partial charge in [-0.25, -0.2) is 4.79 Å². The summed E-state index contributed by atoms with van der Waals surface area (Å²) in [7, 11) is 3.27. The van der Waals surface area contributed by atoms with E-state index in [1.165, 1.54) is 15.6 Å². The van der Waals surface area contributed by atoms with Crippen LogP contribution < -0.4 is 0 Å². The average molecular weight is 322 g/mol. The number of rotatable bonds is 6. The van der Waals surface area contributed by atoms with Crippen LogP contribution in [0.5, 0.6) is 0 Å². The zero-order chi connectivity index (χ0) is 17.0. The molecule has 2 amide bonds. The van der Waals surface area contributed by atoms with Gasteiger partial charge in [0.1, 0.15) is 5.69 Å². The second kappa shape index (κ2) is 7.26. The van der Waals surface area contributed by atoms with E-state index in [1.54, 1.807) is 25.9 Å². The molecular weight excluding hydrogens is 300 g/mol. The third-order valence-electron chi connectivity index (χ3n) is 3.81. The maximum absolute atomic E-state index is 12.5. The third-order valence-corrected chi connectivity index (χ3v) is 3.81. The first-order valence-corrected chi connectivity index (χ1v) is 7.68. The standard InChI is InChI=1S/C15H22N4O4/c1-4-23-15(22)11-10-12(18(3)16-11)14(21)17(2)8-9-19-7-5-6-13(19)20/h10H,4-9H2,1-3H3. The fraction of sp³-hybridized carbons (Fsp3) is 0.600. The number of nitrogens with zero attached hydrogens (tertiary/aromatic N) is 4. The van der Waals surface area contributed by atoms with E-state index in [0.717, 1.165) is 13.0 Å². The molecule has 23 heavy (non-hydrogen) atoms. The van der Waals surface area contributed by atoms with Crippen molar-refractivity contribution in [3.05, 3.63) is 17.5 Å². The van der Waals surface area contributed by atoms with Crippen molar-refractivity contribution >= 4 is 17.8 Å². The monoisotopic (exact) mass is 322 g/mol. The number of hydrogen-bond acceptors (Lipinski definition) is 5. The highest BCUT2D eigenvalue weighted by molar-refractivity contribution is 5.96. The zero-order valence-corrected chi connectivity index (χ0v) is 13.7. The average Bonchev–Trinajstić information content (AvgIpc) is 3.10. The van der Waals surface area contributed by atoms with Crippen LogP contribution in [0.2, 0.25) is 0 Å². The molecule has 0 radical (unpaired) electrons. The van der Waals surface area contributed by atoms with Crippen LogP contribution in [0.15, 0.2) is 6.07 Å². The highest BCUT2D eigenvalue weighted by Gasteiger charge is 2.23. The molecule has 0 spiro atoms. The Morgan fingerprint density at radius 1 is 1.43 bits per heavy atom. The minimum atomic E-state index is -0.549. The number of likely N-dealkylation sites (N-methyl/N-ethyl adjacent to an activating group) is 1. The molecule has 0 unspecified atom stereocenters. The predicted molar refractivity (Wildman–Crippen MR) is 81.9 cm³/mol. The van der Waals surface area contributed by atoms with Crippen molar-refractivity contribution in [2.45, 2.75) is 19.8 Å². The summed E-state index contributed by atoms with van der Waals surface area (Å²) in [6.45, 7) is 3.66. The van der Waals surface area contributed by atoms with E-state index >= 15 is 0 Å². The number of aryl methyl sites for hydroxylation is 1. The van der Waals surface area contributed by atoms with Gasteiger partial charge in [0, 0.05) is 46.2 Å². The molecule has 1 aromatic rings. The topological polar surface area (TPSA) is 84.7 Å². The van der Waals surface area contributed by atoms with E-state index < -0.39 is 5.97 Å². The molecule has 1 aliphatic heterocycles. The van der Waals surface area contributed by atoms with Gasteiger partial charge in [0.15, 0.2) is 5.69 Å². The SMILES string of the molecule is CCOC(=O)c1cc(C(=O)N(C)CCN2CCCC2=O)n(C)n1. The molecule has 126 valence electrons. The Bertz CT molecular complexity index is 611. The van der Waals surface area contributed by atoms with Gasteiger partial charge in [0.25, 0.3) is 5.91 Å². The summed E-state index contributed by atoms with van der Waals surface area (Å²) in [6.07, 6.45) is 1.46. The summed E-state index contributed by atoms with van der Waals surface area (Å²) in [5.74, 6) is -0.661. The summed E-state index contributed by atoms with van der Waals surface area (Å²) in [6, 6.07) is 1.43. The zero-order valence-electron chi connectivity index (χ0n) is 13.7. The largest absolute Gasteiger partial charge is 0.461 e. The Morgan fingerprint density at radius 2 is 2.17 bits per heavy atom. The van der Waals surface area contributed by atoms with Crippen LogP contribution in [-0.2, 0) is 16.6 Å². The molecule has 2 rings (SSSR count). The van der Waals surface area contributed by atoms with Gasteiger partial charge in [0.2, 0.25) is 5.91 Å². The Hall–Kier alpha value is -2.38. The van der Waals surface area contributed by atoms with E-state index in [-0.39, 0.29) is 24.1 Å². The third kappa shape index (κ3) is 3.88. The first-order valence-electron chi connectivity index (χ1n) is 7.68. The molecule has 0 saturated carbocycles. The Kier molecular flexibility index (Phi) is 5.36. The van der Waals surface area contributed by atoms with Crippen molar-refractivity contribution in [1.82, 2.24) is 19.6 Å². The minimum absolute atomic E-state index is 0.112. The van der Waals surface area contributed by atoms with Crippen molar-refractivity contribution < 1.29 is 19.1 Å². The van der Waals surface area contributed by atoms with Gasteiger partial charge >= 0.3 is 5.97 Å². The number of ether oxygens (including phenoxy) is 1. The lowest BCUT2D eigenvalue weighted by Crippen LogP contribution is -2.37. The van der Waals surface area contributed by atoms with Gasteiger partial charge in [-0.15, -0.1) is 0 Å². The number of hydrogen-bond donors (Lipinski definition) is 0. The van der Waals surface area contributed by atoms with Crippen LogP contribution in [0.4, 0.5) is 0 Å². The Morgan fingerprint density at radius 3 is 2.78 bits per heavy atom. The van der Waals surface area contributed by atoms with Crippen LogP contribution in [-0.4, -0.2) is 70.7 Å². The normalized spacial score (nSPS) is 14.2. The fourth-order valence-corrected chi connectivity index (χ4v) is 2.48. The molecule has 2 heterocycles. The first-order chi connectivity index (χ1) is 10.9. The number of esters is 1. The lowest BCUT2D eigenvalue weighted by atomic mass is 10.3. The summed E-state index contributed by atoms with van der Waals surface area (Å²) in [4.78, 5) is 39.0. The quantitative estimate of drug-likeness (QED) is 0.703. The lowest BCUT2D eigenvalue weighted by molar-refractivity contribution is -0.127. The highest BCUT2D eigenvalue weighted by atomic mass is 16.5. The molecule has 0 aromatic carbocycles. The van der Waals surface area contributed by atoms with Crippen molar-refractivity contribution in [3.8, 4) is 0 Å². The summed E-state index contributed by atoms with van der Waals surface area (Å²) >= 11 is 0. The number of carbonyl (C=O) groups is 3. The van der Waals surface area contributed by atoms with E-state index in [1.807, 2.05) is 0 Å². The highest BCUT2D eigenvalue weighted by Crippen LogP contribution is 2.11. The molecule has 1 aromatic heterocycles. The van der Waals surface area contributed by atoms with Crippen LogP contribution in [0.3, 0.4) is 0 Å². The molecule has 1 aliphatic rings. The van der Waals surface area contributed by atoms with Gasteiger partial charge < -0.3 is 14.5 Å². The molecule has 0 bridgehead atoms. The number of amides is 2. The van der Waals surface area contributed by atoms with Crippen molar-refractivity contribution in [2.75, 3.05) is 33.3 Å². The van der Waals surface area contributed by atoms with Crippen LogP contribution in [0.25, 0.3) is 0 Å². The molecule has 1 fully saturated rings. The molecular formula is C15H22N4O4. The second-order valence-corrected chi connectivity index (χ2v) is 5.47. The molecule has 8 nitrogen and oxygen atoms in total. The number of likely N-dealkylation sites (tertiary alicyclic amines) is 1. The van der Waals surface area contributed by atoms with Crippen LogP contribution in [0, 0.1) is 0 Å². The fourth-order valence-electron chi connectivity index (χ4n) is 2.48. The smallest absolute Gasteiger partial charge is 0.358 e. The van der Waals surface area contributed by atoms with Crippen molar-refractivity contribution in [3.63, 3.8) is 0 Å². The molecule has 8 heteroatoms. The van der Waals surface area contributed by atoms with Crippen LogP contribution in [0.1, 0.15) is 40.7 Å². The summed E-state index contributed by atoms with van der Waals surface area (Å²) in [5, 5.41) is 4.01. The lowest BCUT2D eigenvalue weighted by Gasteiger charge is -2.21. The molecule has 0 N–H and O–H groups in total. The maximum Gasteiger partial charge on any atom is 0.358 e. The summed E-state index contributed by atoms with van der Waals surface area (Å²) in [5.41, 5.74) is 0.420. The van der Waals surface area contributed by atoms with Crippen molar-refractivity contribution in [1.29, 1.82) is 0 Å². The molecule has 1 saturated heterocycles. The molecule has 0 aliphatic carbocycles. The Labute approximate surface area is 135 Å². The van der Waals surface area contributed by atoms with E-state index in [9.17, 15) is 14.4 Å². The van der Waals surface area contributed by atoms with Crippen molar-refractivity contribution in [2.24, 2.45) is 7.05 Å².